The van der Waals surface area contributed by atoms with Crippen LogP contribution in [0, 0.1) is 5.92 Å². The van der Waals surface area contributed by atoms with Crippen molar-refractivity contribution >= 4 is 23.2 Å². The highest BCUT2D eigenvalue weighted by Gasteiger charge is 2.25. The van der Waals surface area contributed by atoms with Crippen molar-refractivity contribution in [2.45, 2.75) is 25.3 Å². The normalized spacial score (nSPS) is 16.5. The number of hydrogen-bond acceptors (Lipinski definition) is 2. The van der Waals surface area contributed by atoms with Gasteiger partial charge in [0.2, 0.25) is 0 Å². The van der Waals surface area contributed by atoms with Gasteiger partial charge in [0.1, 0.15) is 5.75 Å². The Kier molecular flexibility index (Phi) is 4.33. The molecule has 0 bridgehead atoms. The molecule has 0 aliphatic heterocycles. The molecule has 2 nitrogen and oxygen atoms in total. The summed E-state index contributed by atoms with van der Waals surface area (Å²) in [5.74, 6) is 1.58. The Morgan fingerprint density at radius 3 is 2.42 bits per heavy atom. The van der Waals surface area contributed by atoms with Gasteiger partial charge in [-0.1, -0.05) is 24.6 Å². The summed E-state index contributed by atoms with van der Waals surface area (Å²) in [5, 5.41) is 2.45. The second-order valence-corrected chi connectivity index (χ2v) is 5.19. The van der Waals surface area contributed by atoms with Gasteiger partial charge in [0.05, 0.1) is 7.11 Å². The molecule has 0 spiro atoms. The molecule has 1 fully saturated rings. The number of methoxy groups -OCH3 is 1. The summed E-state index contributed by atoms with van der Waals surface area (Å²) in [6.45, 7) is 0. The van der Waals surface area contributed by atoms with E-state index in [9.17, 15) is 0 Å². The van der Waals surface area contributed by atoms with Crippen molar-refractivity contribution in [3.63, 3.8) is 0 Å². The zero-order valence-electron chi connectivity index (χ0n) is 11.1. The number of hydrogen-bond donors (Lipinski definition) is 1. The highest BCUT2D eigenvalue weighted by Crippen LogP contribution is 2.37. The Balaban J connectivity index is 0.00000133. The van der Waals surface area contributed by atoms with Crippen molar-refractivity contribution in [1.82, 2.24) is 0 Å². The second kappa shape index (κ2) is 5.81. The van der Waals surface area contributed by atoms with Crippen LogP contribution in [-0.2, 0) is 0 Å². The quantitative estimate of drug-likeness (QED) is 0.918. The highest BCUT2D eigenvalue weighted by molar-refractivity contribution is 5.85. The molecular formula is C16H20ClNO. The fourth-order valence-corrected chi connectivity index (χ4v) is 2.65. The molecule has 0 saturated heterocycles. The summed E-state index contributed by atoms with van der Waals surface area (Å²) in [7, 11) is 1.70. The number of ether oxygens (including phenoxy) is 1. The molecule has 19 heavy (non-hydrogen) atoms. The van der Waals surface area contributed by atoms with E-state index in [0.29, 0.717) is 5.92 Å². The maximum absolute atomic E-state index is 6.32. The van der Waals surface area contributed by atoms with Crippen molar-refractivity contribution < 1.29 is 4.74 Å². The summed E-state index contributed by atoms with van der Waals surface area (Å²) in [5.41, 5.74) is 7.58. The van der Waals surface area contributed by atoms with Gasteiger partial charge in [-0.15, -0.1) is 12.4 Å². The van der Waals surface area contributed by atoms with Crippen LogP contribution in [-0.4, -0.2) is 7.11 Å². The fraction of sp³-hybridized carbons (Fsp3) is 0.375. The molecule has 2 N–H and O–H groups in total. The van der Waals surface area contributed by atoms with Crippen LogP contribution in [0.15, 0.2) is 36.4 Å². The van der Waals surface area contributed by atoms with Crippen molar-refractivity contribution in [1.29, 1.82) is 0 Å². The van der Waals surface area contributed by atoms with Gasteiger partial charge < -0.3 is 10.5 Å². The van der Waals surface area contributed by atoms with Crippen molar-refractivity contribution in [3.8, 4) is 5.75 Å². The smallest absolute Gasteiger partial charge is 0.119 e. The first kappa shape index (κ1) is 14.2. The second-order valence-electron chi connectivity index (χ2n) is 5.19. The molecular weight excluding hydrogens is 258 g/mol. The Morgan fingerprint density at radius 1 is 1.11 bits per heavy atom. The van der Waals surface area contributed by atoms with Gasteiger partial charge in [-0.25, -0.2) is 0 Å². The third-order valence-corrected chi connectivity index (χ3v) is 4.11. The molecule has 3 rings (SSSR count). The predicted octanol–water partition coefficient (Wildman–Crippen LogP) is 4.07. The van der Waals surface area contributed by atoms with Crippen LogP contribution in [0.25, 0.3) is 10.8 Å². The number of nitrogens with two attached hydrogens (primary N) is 1. The molecule has 1 aliphatic rings. The standard InChI is InChI=1S/C16H19NO.ClH/c1-18-15-8-7-12-9-14(6-5-13(12)10-15)16(17)11-3-2-4-11;/h5-11,16H,2-4,17H2,1H3;1H/t16-;/m0./s1. The average molecular weight is 278 g/mol. The van der Waals surface area contributed by atoms with Gasteiger partial charge >= 0.3 is 0 Å². The molecule has 0 heterocycles. The molecule has 102 valence electrons. The van der Waals surface area contributed by atoms with Gasteiger partial charge in [0.15, 0.2) is 0 Å². The summed E-state index contributed by atoms with van der Waals surface area (Å²) in [6, 6.07) is 12.9. The van der Waals surface area contributed by atoms with Crippen LogP contribution in [0.5, 0.6) is 5.75 Å². The Hall–Kier alpha value is -1.25. The van der Waals surface area contributed by atoms with Crippen LogP contribution >= 0.6 is 12.4 Å². The van der Waals surface area contributed by atoms with E-state index < -0.39 is 0 Å². The van der Waals surface area contributed by atoms with Crippen molar-refractivity contribution in [3.05, 3.63) is 42.0 Å². The third-order valence-electron chi connectivity index (χ3n) is 4.11. The van der Waals surface area contributed by atoms with Crippen LogP contribution in [0.1, 0.15) is 30.9 Å². The minimum absolute atomic E-state index is 0. The highest BCUT2D eigenvalue weighted by atomic mass is 35.5. The van der Waals surface area contributed by atoms with Crippen LogP contribution < -0.4 is 10.5 Å². The zero-order valence-corrected chi connectivity index (χ0v) is 12.0. The fourth-order valence-electron chi connectivity index (χ4n) is 2.65. The van der Waals surface area contributed by atoms with Crippen molar-refractivity contribution in [2.24, 2.45) is 11.7 Å². The van der Waals surface area contributed by atoms with E-state index in [1.807, 2.05) is 6.07 Å². The first-order valence-corrected chi connectivity index (χ1v) is 6.61. The lowest BCUT2D eigenvalue weighted by molar-refractivity contribution is 0.264. The Morgan fingerprint density at radius 2 is 1.79 bits per heavy atom. The SMILES string of the molecule is COc1ccc2cc([C@@H](N)C3CCC3)ccc2c1.Cl. The number of benzene rings is 2. The van der Waals surface area contributed by atoms with E-state index in [-0.39, 0.29) is 18.4 Å². The maximum atomic E-state index is 6.32. The van der Waals surface area contributed by atoms with Crippen LogP contribution in [0.4, 0.5) is 0 Å². The Labute approximate surface area is 120 Å². The predicted molar refractivity (Wildman–Crippen MR) is 82.0 cm³/mol. The molecule has 3 heteroatoms. The molecule has 0 radical (unpaired) electrons. The average Bonchev–Trinajstić information content (AvgIpc) is 2.35. The molecule has 2 aromatic carbocycles. The first-order chi connectivity index (χ1) is 8.78. The minimum atomic E-state index is 0. The van der Waals surface area contributed by atoms with Gasteiger partial charge in [-0.2, -0.15) is 0 Å². The Bertz CT molecular complexity index is 566. The van der Waals surface area contributed by atoms with Gasteiger partial charge in [-0.3, -0.25) is 0 Å². The third kappa shape index (κ3) is 2.70. The van der Waals surface area contributed by atoms with Gasteiger partial charge in [-0.05, 0) is 53.3 Å². The van der Waals surface area contributed by atoms with E-state index in [2.05, 4.69) is 30.3 Å². The molecule has 0 unspecified atom stereocenters. The van der Waals surface area contributed by atoms with Crippen molar-refractivity contribution in [2.75, 3.05) is 7.11 Å². The largest absolute Gasteiger partial charge is 0.497 e. The minimum Gasteiger partial charge on any atom is -0.497 e. The monoisotopic (exact) mass is 277 g/mol. The summed E-state index contributed by atoms with van der Waals surface area (Å²) < 4.78 is 5.24. The van der Waals surface area contributed by atoms with E-state index in [1.165, 1.54) is 35.6 Å². The van der Waals surface area contributed by atoms with Gasteiger partial charge in [0, 0.05) is 6.04 Å². The number of rotatable bonds is 3. The van der Waals surface area contributed by atoms with E-state index in [0.717, 1.165) is 5.75 Å². The first-order valence-electron chi connectivity index (χ1n) is 6.61. The van der Waals surface area contributed by atoms with Gasteiger partial charge in [0.25, 0.3) is 0 Å². The summed E-state index contributed by atoms with van der Waals surface area (Å²) in [6.07, 6.45) is 3.90. The van der Waals surface area contributed by atoms with E-state index in [1.54, 1.807) is 7.11 Å². The number of halogens is 1. The molecule has 2 aromatic rings. The lowest BCUT2D eigenvalue weighted by Gasteiger charge is -2.31. The molecule has 1 aliphatic carbocycles. The summed E-state index contributed by atoms with van der Waals surface area (Å²) >= 11 is 0. The lowest BCUT2D eigenvalue weighted by Crippen LogP contribution is -2.26. The molecule has 0 amide bonds. The van der Waals surface area contributed by atoms with E-state index >= 15 is 0 Å². The lowest BCUT2D eigenvalue weighted by atomic mass is 9.77. The maximum Gasteiger partial charge on any atom is 0.119 e. The number of fused-ring (bicyclic) bond motifs is 1. The van der Waals surface area contributed by atoms with Crippen LogP contribution in [0.3, 0.4) is 0 Å². The molecule has 1 atom stereocenters. The van der Waals surface area contributed by atoms with Crippen LogP contribution in [0.2, 0.25) is 0 Å². The van der Waals surface area contributed by atoms with E-state index in [4.69, 9.17) is 10.5 Å². The molecule has 0 aromatic heterocycles. The topological polar surface area (TPSA) is 35.2 Å². The summed E-state index contributed by atoms with van der Waals surface area (Å²) in [4.78, 5) is 0. The zero-order chi connectivity index (χ0) is 12.5. The molecule has 1 saturated carbocycles.